The van der Waals surface area contributed by atoms with Crippen LogP contribution in [0, 0.1) is 11.6 Å². The van der Waals surface area contributed by atoms with Crippen molar-refractivity contribution in [2.75, 3.05) is 49.7 Å². The number of anilines is 2. The zero-order valence-electron chi connectivity index (χ0n) is 24.1. The van der Waals surface area contributed by atoms with Crippen LogP contribution in [0.25, 0.3) is 11.0 Å². The summed E-state index contributed by atoms with van der Waals surface area (Å²) in [6.07, 6.45) is 1.69. The Morgan fingerprint density at radius 3 is 2.45 bits per heavy atom. The third-order valence-corrected chi connectivity index (χ3v) is 12.2. The van der Waals surface area contributed by atoms with Crippen LogP contribution in [-0.4, -0.2) is 63.6 Å². The van der Waals surface area contributed by atoms with Crippen molar-refractivity contribution in [3.63, 3.8) is 0 Å². The second-order valence-corrected chi connectivity index (χ2v) is 16.5. The maximum atomic E-state index is 13.9. The molecular weight excluding hydrogens is 532 g/mol. The van der Waals surface area contributed by atoms with E-state index in [9.17, 15) is 13.6 Å². The van der Waals surface area contributed by atoms with Crippen molar-refractivity contribution in [2.45, 2.75) is 51.9 Å². The van der Waals surface area contributed by atoms with E-state index in [1.165, 1.54) is 12.1 Å². The third kappa shape index (κ3) is 7.13. The number of benzene rings is 2. The summed E-state index contributed by atoms with van der Waals surface area (Å²) < 4.78 is 39.5. The molecule has 2 N–H and O–H groups in total. The number of halogens is 2. The van der Waals surface area contributed by atoms with Crippen LogP contribution >= 0.6 is 0 Å². The molecule has 3 aromatic rings. The third-order valence-electron chi connectivity index (χ3n) is 7.65. The molecule has 1 unspecified atom stereocenters. The van der Waals surface area contributed by atoms with Gasteiger partial charge in [0.1, 0.15) is 23.0 Å². The zero-order valence-corrected chi connectivity index (χ0v) is 25.1. The van der Waals surface area contributed by atoms with Crippen LogP contribution in [0.2, 0.25) is 18.1 Å². The molecule has 1 aliphatic rings. The van der Waals surface area contributed by atoms with E-state index < -0.39 is 26.0 Å². The van der Waals surface area contributed by atoms with E-state index in [0.29, 0.717) is 73.1 Å². The average Bonchev–Trinajstić information content (AvgIpc) is 2.90. The van der Waals surface area contributed by atoms with Gasteiger partial charge in [0.15, 0.2) is 8.32 Å². The van der Waals surface area contributed by atoms with Crippen LogP contribution in [0.4, 0.5) is 20.3 Å². The number of fused-ring (bicyclic) bond motifs is 1. The van der Waals surface area contributed by atoms with Crippen molar-refractivity contribution in [1.82, 2.24) is 15.3 Å². The van der Waals surface area contributed by atoms with Crippen molar-refractivity contribution in [3.8, 4) is 0 Å². The number of nitrogens with zero attached hydrogens (tertiary/aromatic N) is 3. The second kappa shape index (κ2) is 12.2. The first-order valence-electron chi connectivity index (χ1n) is 13.6. The van der Waals surface area contributed by atoms with Crippen LogP contribution in [-0.2, 0) is 9.16 Å². The van der Waals surface area contributed by atoms with E-state index in [0.717, 1.165) is 6.07 Å². The minimum Gasteiger partial charge on any atom is -0.415 e. The van der Waals surface area contributed by atoms with Gasteiger partial charge in [0, 0.05) is 37.3 Å². The van der Waals surface area contributed by atoms with E-state index in [4.69, 9.17) is 14.1 Å². The topological polar surface area (TPSA) is 88.6 Å². The first-order valence-corrected chi connectivity index (χ1v) is 16.5. The van der Waals surface area contributed by atoms with Crippen LogP contribution < -0.4 is 15.5 Å². The van der Waals surface area contributed by atoms with Gasteiger partial charge in [-0.3, -0.25) is 9.78 Å². The normalized spacial score (nSPS) is 15.2. The summed E-state index contributed by atoms with van der Waals surface area (Å²) in [6.45, 7) is 16.0. The highest BCUT2D eigenvalue weighted by atomic mass is 28.4. The maximum absolute atomic E-state index is 13.9. The number of aromatic nitrogens is 2. The van der Waals surface area contributed by atoms with Gasteiger partial charge < -0.3 is 24.7 Å². The molecular formula is C29H39F2N5O3Si. The Hall–Kier alpha value is -3.15. The van der Waals surface area contributed by atoms with Crippen molar-refractivity contribution in [2.24, 2.45) is 0 Å². The van der Waals surface area contributed by atoms with Gasteiger partial charge in [-0.1, -0.05) is 20.8 Å². The summed E-state index contributed by atoms with van der Waals surface area (Å²) in [4.78, 5) is 24.7. The molecule has 40 heavy (non-hydrogen) atoms. The molecule has 0 radical (unpaired) electrons. The van der Waals surface area contributed by atoms with Crippen LogP contribution in [0.5, 0.6) is 0 Å². The summed E-state index contributed by atoms with van der Waals surface area (Å²) in [6, 6.07) is 6.34. The highest BCUT2D eigenvalue weighted by Crippen LogP contribution is 2.36. The van der Waals surface area contributed by atoms with Crippen LogP contribution in [0.15, 0.2) is 36.5 Å². The van der Waals surface area contributed by atoms with Crippen LogP contribution in [0.1, 0.15) is 49.7 Å². The molecule has 0 bridgehead atoms. The summed E-state index contributed by atoms with van der Waals surface area (Å²) in [5.41, 5.74) is 2.46. The lowest BCUT2D eigenvalue weighted by Crippen LogP contribution is -2.42. The van der Waals surface area contributed by atoms with Gasteiger partial charge in [0.25, 0.3) is 5.91 Å². The van der Waals surface area contributed by atoms with Gasteiger partial charge in [0.05, 0.1) is 37.2 Å². The Labute approximate surface area is 235 Å². The minimum atomic E-state index is -1.92. The zero-order chi connectivity index (χ0) is 29.1. The van der Waals surface area contributed by atoms with Gasteiger partial charge in [-0.25, -0.2) is 13.8 Å². The molecule has 0 spiro atoms. The Kier molecular flexibility index (Phi) is 9.06. The Bertz CT molecular complexity index is 1340. The number of morpholine rings is 1. The summed E-state index contributed by atoms with van der Waals surface area (Å²) in [5, 5.41) is 6.32. The molecule has 11 heteroatoms. The molecule has 1 amide bonds. The largest absolute Gasteiger partial charge is 0.415 e. The number of ether oxygens (including phenoxy) is 1. The highest BCUT2D eigenvalue weighted by Gasteiger charge is 2.36. The summed E-state index contributed by atoms with van der Waals surface area (Å²) in [7, 11) is -1.92. The lowest BCUT2D eigenvalue weighted by atomic mass is 10.1. The van der Waals surface area contributed by atoms with Crippen molar-refractivity contribution < 1.29 is 22.7 Å². The lowest BCUT2D eigenvalue weighted by Gasteiger charge is -2.36. The number of hydrogen-bond acceptors (Lipinski definition) is 7. The summed E-state index contributed by atoms with van der Waals surface area (Å²) in [5.74, 6) is -0.887. The SMILES string of the molecule is CC(Nc1cc(C(=O)NCCO[Si](C)(C)C(C)(C)C)cc2ncc(N3CCOCC3)nc12)c1cc(F)cc(F)c1. The molecule has 1 saturated heterocycles. The van der Waals surface area contributed by atoms with E-state index in [2.05, 4.69) is 54.4 Å². The van der Waals surface area contributed by atoms with Crippen LogP contribution in [0.3, 0.4) is 0 Å². The van der Waals surface area contributed by atoms with Crippen molar-refractivity contribution in [3.05, 3.63) is 59.3 Å². The quantitative estimate of drug-likeness (QED) is 0.253. The smallest absolute Gasteiger partial charge is 0.251 e. The molecule has 216 valence electrons. The van der Waals surface area contributed by atoms with Crippen molar-refractivity contribution in [1.29, 1.82) is 0 Å². The Balaban J connectivity index is 1.60. The van der Waals surface area contributed by atoms with E-state index in [-0.39, 0.29) is 10.9 Å². The molecule has 4 rings (SSSR count). The number of amides is 1. The van der Waals surface area contributed by atoms with E-state index in [1.54, 1.807) is 25.3 Å². The fraction of sp³-hybridized carbons (Fsp3) is 0.483. The first-order chi connectivity index (χ1) is 18.8. The molecule has 0 saturated carbocycles. The molecule has 0 aliphatic carbocycles. The minimum absolute atomic E-state index is 0.0793. The first kappa shape index (κ1) is 29.8. The molecule has 1 aliphatic heterocycles. The van der Waals surface area contributed by atoms with Gasteiger partial charge in [0.2, 0.25) is 0 Å². The molecule has 8 nitrogen and oxygen atoms in total. The number of rotatable bonds is 9. The monoisotopic (exact) mass is 571 g/mol. The molecule has 1 aromatic heterocycles. The molecule has 1 atom stereocenters. The van der Waals surface area contributed by atoms with E-state index in [1.807, 2.05) is 0 Å². The summed E-state index contributed by atoms with van der Waals surface area (Å²) >= 11 is 0. The molecule has 2 heterocycles. The number of carbonyl (C=O) groups is 1. The maximum Gasteiger partial charge on any atom is 0.251 e. The standard InChI is InChI=1S/C29H39F2N5O3Si/c1-19(20-13-22(30)17-23(31)14-20)34-25-16-21(28(37)32-7-10-39-40(5,6)29(2,3)4)15-24-27(25)35-26(18-33-24)36-8-11-38-12-9-36/h13-19,34H,7-12H2,1-6H3,(H,32,37). The lowest BCUT2D eigenvalue weighted by molar-refractivity contribution is 0.0946. The Morgan fingerprint density at radius 1 is 1.12 bits per heavy atom. The molecule has 2 aromatic carbocycles. The van der Waals surface area contributed by atoms with Gasteiger partial charge in [-0.2, -0.15) is 0 Å². The van der Waals surface area contributed by atoms with Gasteiger partial charge in [-0.05, 0) is 54.9 Å². The second-order valence-electron chi connectivity index (χ2n) is 11.7. The van der Waals surface area contributed by atoms with Gasteiger partial charge in [-0.15, -0.1) is 0 Å². The predicted octanol–water partition coefficient (Wildman–Crippen LogP) is 5.67. The highest BCUT2D eigenvalue weighted by molar-refractivity contribution is 6.74. The number of hydrogen-bond donors (Lipinski definition) is 2. The van der Waals surface area contributed by atoms with E-state index >= 15 is 0 Å². The fourth-order valence-corrected chi connectivity index (χ4v) is 5.27. The number of carbonyl (C=O) groups excluding carboxylic acids is 1. The predicted molar refractivity (Wildman–Crippen MR) is 156 cm³/mol. The fourth-order valence-electron chi connectivity index (χ4n) is 4.22. The number of nitrogens with one attached hydrogen (secondary N) is 2. The molecule has 1 fully saturated rings. The van der Waals surface area contributed by atoms with Crippen molar-refractivity contribution >= 4 is 36.8 Å². The van der Waals surface area contributed by atoms with Gasteiger partial charge >= 0.3 is 0 Å². The Morgan fingerprint density at radius 2 is 1.80 bits per heavy atom. The average molecular weight is 572 g/mol.